The Kier molecular flexibility index (Phi) is 3.32. The molecule has 4 heteroatoms. The van der Waals surface area contributed by atoms with Crippen LogP contribution in [0.25, 0.3) is 10.9 Å². The van der Waals surface area contributed by atoms with Crippen LogP contribution in [0.5, 0.6) is 0 Å². The molecule has 0 unspecified atom stereocenters. The highest BCUT2D eigenvalue weighted by Crippen LogP contribution is 2.15. The Labute approximate surface area is 99.3 Å². The van der Waals surface area contributed by atoms with Crippen molar-refractivity contribution in [3.63, 3.8) is 0 Å². The third-order valence-electron chi connectivity index (χ3n) is 2.69. The lowest BCUT2D eigenvalue weighted by atomic mass is 10.1. The minimum atomic E-state index is -1.04. The number of hydrogen-bond acceptors (Lipinski definition) is 3. The van der Waals surface area contributed by atoms with Crippen LogP contribution < -0.4 is 0 Å². The van der Waals surface area contributed by atoms with E-state index in [9.17, 15) is 4.79 Å². The lowest BCUT2D eigenvalue weighted by molar-refractivity contribution is 0.0689. The predicted octanol–water partition coefficient (Wildman–Crippen LogP) is 2.67. The Bertz CT molecular complexity index is 552. The molecular formula is C13H14N2O2. The predicted molar refractivity (Wildman–Crippen MR) is 65.1 cm³/mol. The first kappa shape index (κ1) is 11.5. The lowest BCUT2D eigenvalue weighted by Gasteiger charge is -2.02. The van der Waals surface area contributed by atoms with Gasteiger partial charge in [0.1, 0.15) is 0 Å². The highest BCUT2D eigenvalue weighted by atomic mass is 16.4. The minimum Gasteiger partial charge on any atom is -0.476 e. The second kappa shape index (κ2) is 4.91. The number of carboxylic acids is 1. The van der Waals surface area contributed by atoms with Crippen LogP contribution in [0, 0.1) is 0 Å². The van der Waals surface area contributed by atoms with E-state index in [0.717, 1.165) is 30.2 Å². The van der Waals surface area contributed by atoms with Crippen LogP contribution in [0.1, 0.15) is 35.8 Å². The van der Waals surface area contributed by atoms with Crippen molar-refractivity contribution in [1.29, 1.82) is 0 Å². The van der Waals surface area contributed by atoms with E-state index in [0.29, 0.717) is 0 Å². The molecule has 2 rings (SSSR count). The molecule has 0 atom stereocenters. The van der Waals surface area contributed by atoms with Crippen molar-refractivity contribution in [2.24, 2.45) is 0 Å². The van der Waals surface area contributed by atoms with Gasteiger partial charge in [-0.2, -0.15) is 0 Å². The smallest absolute Gasteiger partial charge is 0.356 e. The zero-order chi connectivity index (χ0) is 12.3. The van der Waals surface area contributed by atoms with Gasteiger partial charge in [-0.3, -0.25) is 0 Å². The van der Waals surface area contributed by atoms with E-state index in [1.807, 2.05) is 18.2 Å². The molecule has 0 radical (unpaired) electrons. The van der Waals surface area contributed by atoms with E-state index in [1.54, 1.807) is 6.07 Å². The van der Waals surface area contributed by atoms with Crippen LogP contribution in [-0.2, 0) is 6.42 Å². The number of rotatable bonds is 4. The Balaban J connectivity index is 2.39. The first-order valence-electron chi connectivity index (χ1n) is 5.70. The fraction of sp³-hybridized carbons (Fsp3) is 0.308. The summed E-state index contributed by atoms with van der Waals surface area (Å²) in [5.74, 6) is -1.04. The Morgan fingerprint density at radius 2 is 2.12 bits per heavy atom. The molecule has 88 valence electrons. The number of carbonyl (C=O) groups is 1. The summed E-state index contributed by atoms with van der Waals surface area (Å²) in [6, 6.07) is 7.47. The fourth-order valence-electron chi connectivity index (χ4n) is 1.74. The lowest BCUT2D eigenvalue weighted by Crippen LogP contribution is -2.01. The molecule has 0 amide bonds. The summed E-state index contributed by atoms with van der Waals surface area (Å²) < 4.78 is 0. The van der Waals surface area contributed by atoms with Crippen LogP contribution in [0.4, 0.5) is 0 Å². The second-order valence-corrected chi connectivity index (χ2v) is 4.03. The fourth-order valence-corrected chi connectivity index (χ4v) is 1.74. The van der Waals surface area contributed by atoms with E-state index in [1.165, 1.54) is 5.56 Å². The maximum absolute atomic E-state index is 10.8. The van der Waals surface area contributed by atoms with Gasteiger partial charge in [-0.15, -0.1) is 10.2 Å². The molecule has 1 N–H and O–H groups in total. The van der Waals surface area contributed by atoms with Crippen molar-refractivity contribution in [2.75, 3.05) is 0 Å². The molecule has 0 saturated heterocycles. The number of nitrogens with zero attached hydrogens (tertiary/aromatic N) is 2. The standard InChI is InChI=1S/C13H14N2O2/c1-2-3-4-9-5-6-11-10(7-9)8-12(13(16)17)15-14-11/h5-8H,2-4H2,1H3,(H,16,17). The van der Waals surface area contributed by atoms with Gasteiger partial charge in [-0.1, -0.05) is 19.4 Å². The van der Waals surface area contributed by atoms with Crippen molar-refractivity contribution in [1.82, 2.24) is 10.2 Å². The first-order valence-corrected chi connectivity index (χ1v) is 5.70. The topological polar surface area (TPSA) is 63.1 Å². The van der Waals surface area contributed by atoms with Gasteiger partial charge >= 0.3 is 5.97 Å². The third-order valence-corrected chi connectivity index (χ3v) is 2.69. The van der Waals surface area contributed by atoms with E-state index < -0.39 is 5.97 Å². The summed E-state index contributed by atoms with van der Waals surface area (Å²) >= 11 is 0. The Morgan fingerprint density at radius 3 is 2.82 bits per heavy atom. The maximum Gasteiger partial charge on any atom is 0.356 e. The Morgan fingerprint density at radius 1 is 1.29 bits per heavy atom. The van der Waals surface area contributed by atoms with E-state index in [4.69, 9.17) is 5.11 Å². The molecular weight excluding hydrogens is 216 g/mol. The van der Waals surface area contributed by atoms with Crippen LogP contribution in [0.3, 0.4) is 0 Å². The molecule has 1 aromatic carbocycles. The molecule has 17 heavy (non-hydrogen) atoms. The van der Waals surface area contributed by atoms with Crippen LogP contribution >= 0.6 is 0 Å². The highest BCUT2D eigenvalue weighted by molar-refractivity contribution is 5.90. The summed E-state index contributed by atoms with van der Waals surface area (Å²) in [5.41, 5.74) is 1.93. The molecule has 0 spiro atoms. The molecule has 4 nitrogen and oxygen atoms in total. The van der Waals surface area contributed by atoms with Crippen molar-refractivity contribution in [3.8, 4) is 0 Å². The van der Waals surface area contributed by atoms with Crippen LogP contribution in [-0.4, -0.2) is 21.3 Å². The zero-order valence-electron chi connectivity index (χ0n) is 9.68. The normalized spacial score (nSPS) is 10.6. The second-order valence-electron chi connectivity index (χ2n) is 4.03. The first-order chi connectivity index (χ1) is 8.20. The summed E-state index contributed by atoms with van der Waals surface area (Å²) in [6.45, 7) is 2.15. The number of unbranched alkanes of at least 4 members (excludes halogenated alkanes) is 1. The average molecular weight is 230 g/mol. The Hall–Kier alpha value is -1.97. The molecule has 1 heterocycles. The molecule has 0 saturated carbocycles. The summed E-state index contributed by atoms with van der Waals surface area (Å²) in [7, 11) is 0. The number of aryl methyl sites for hydroxylation is 1. The van der Waals surface area contributed by atoms with Gasteiger partial charge in [0.15, 0.2) is 5.69 Å². The molecule has 0 bridgehead atoms. The van der Waals surface area contributed by atoms with Crippen molar-refractivity contribution in [2.45, 2.75) is 26.2 Å². The molecule has 1 aromatic heterocycles. The number of aromatic nitrogens is 2. The quantitative estimate of drug-likeness (QED) is 0.877. The number of fused-ring (bicyclic) bond motifs is 1. The van der Waals surface area contributed by atoms with Gasteiger partial charge in [0, 0.05) is 5.39 Å². The van der Waals surface area contributed by atoms with Crippen LogP contribution in [0.15, 0.2) is 24.3 Å². The van der Waals surface area contributed by atoms with E-state index in [2.05, 4.69) is 17.1 Å². The molecule has 0 aliphatic heterocycles. The summed E-state index contributed by atoms with van der Waals surface area (Å²) in [5, 5.41) is 17.2. The molecule has 0 aliphatic carbocycles. The molecule has 0 aliphatic rings. The van der Waals surface area contributed by atoms with E-state index in [-0.39, 0.29) is 5.69 Å². The van der Waals surface area contributed by atoms with Gasteiger partial charge in [-0.05, 0) is 36.6 Å². The van der Waals surface area contributed by atoms with Crippen molar-refractivity contribution >= 4 is 16.9 Å². The van der Waals surface area contributed by atoms with Crippen LogP contribution in [0.2, 0.25) is 0 Å². The average Bonchev–Trinajstić information content (AvgIpc) is 2.35. The van der Waals surface area contributed by atoms with Crippen molar-refractivity contribution in [3.05, 3.63) is 35.5 Å². The van der Waals surface area contributed by atoms with Gasteiger partial charge in [0.25, 0.3) is 0 Å². The minimum absolute atomic E-state index is 0.00913. The third kappa shape index (κ3) is 2.58. The number of hydrogen-bond donors (Lipinski definition) is 1. The maximum atomic E-state index is 10.8. The largest absolute Gasteiger partial charge is 0.476 e. The number of benzene rings is 1. The van der Waals surface area contributed by atoms with Gasteiger partial charge in [0.05, 0.1) is 5.52 Å². The number of aromatic carboxylic acids is 1. The van der Waals surface area contributed by atoms with Gasteiger partial charge in [0.2, 0.25) is 0 Å². The van der Waals surface area contributed by atoms with Gasteiger partial charge in [-0.25, -0.2) is 4.79 Å². The summed E-state index contributed by atoms with van der Waals surface area (Å²) in [6.07, 6.45) is 3.29. The zero-order valence-corrected chi connectivity index (χ0v) is 9.68. The molecule has 0 fully saturated rings. The number of carboxylic acid groups (broad SMARTS) is 1. The van der Waals surface area contributed by atoms with E-state index >= 15 is 0 Å². The monoisotopic (exact) mass is 230 g/mol. The SMILES string of the molecule is CCCCc1ccc2nnc(C(=O)O)cc2c1. The van der Waals surface area contributed by atoms with Crippen molar-refractivity contribution < 1.29 is 9.90 Å². The van der Waals surface area contributed by atoms with Gasteiger partial charge < -0.3 is 5.11 Å². The molecule has 2 aromatic rings. The highest BCUT2D eigenvalue weighted by Gasteiger charge is 2.07. The summed E-state index contributed by atoms with van der Waals surface area (Å²) in [4.78, 5) is 10.8.